The normalized spacial score (nSPS) is 15.3. The number of rotatable bonds is 5. The lowest BCUT2D eigenvalue weighted by molar-refractivity contribution is -0.136. The van der Waals surface area contributed by atoms with Gasteiger partial charge in [-0.05, 0) is 42.3 Å². The predicted molar refractivity (Wildman–Crippen MR) is 117 cm³/mol. The summed E-state index contributed by atoms with van der Waals surface area (Å²) in [5, 5.41) is 13.0. The van der Waals surface area contributed by atoms with Gasteiger partial charge in [-0.15, -0.1) is 0 Å². The van der Waals surface area contributed by atoms with Crippen LogP contribution < -0.4 is 10.1 Å². The summed E-state index contributed by atoms with van der Waals surface area (Å²) < 4.78 is 5.87. The average Bonchev–Trinajstić information content (AvgIpc) is 3.01. The van der Waals surface area contributed by atoms with E-state index in [0.717, 1.165) is 28.1 Å². The fourth-order valence-corrected chi connectivity index (χ4v) is 3.87. The van der Waals surface area contributed by atoms with Crippen LogP contribution >= 0.6 is 0 Å². The Morgan fingerprint density at radius 3 is 2.47 bits per heavy atom. The Bertz CT molecular complexity index is 1010. The molecule has 0 aromatic heterocycles. The summed E-state index contributed by atoms with van der Waals surface area (Å²) in [5.41, 5.74) is 2.55. The van der Waals surface area contributed by atoms with Crippen molar-refractivity contribution in [2.45, 2.75) is 25.6 Å². The molecule has 0 spiro atoms. The van der Waals surface area contributed by atoms with Gasteiger partial charge in [-0.25, -0.2) is 0 Å². The maximum atomic E-state index is 13.9. The van der Waals surface area contributed by atoms with Crippen molar-refractivity contribution in [3.8, 4) is 5.75 Å². The van der Waals surface area contributed by atoms with Crippen molar-refractivity contribution in [3.63, 3.8) is 0 Å². The fraction of sp³-hybridized carbons (Fsp3) is 0.240. The van der Waals surface area contributed by atoms with Crippen LogP contribution in [0.4, 0.5) is 5.69 Å². The summed E-state index contributed by atoms with van der Waals surface area (Å²) in [6, 6.07) is 25.2. The van der Waals surface area contributed by atoms with E-state index in [4.69, 9.17) is 4.74 Å². The number of aliphatic hydroxyl groups is 1. The van der Waals surface area contributed by atoms with Crippen LogP contribution in [0.3, 0.4) is 0 Å². The third kappa shape index (κ3) is 4.02. The van der Waals surface area contributed by atoms with E-state index in [0.29, 0.717) is 19.7 Å². The Hall–Kier alpha value is -3.31. The Morgan fingerprint density at radius 1 is 1.07 bits per heavy atom. The van der Waals surface area contributed by atoms with Crippen molar-refractivity contribution in [2.75, 3.05) is 18.5 Å². The van der Waals surface area contributed by atoms with E-state index >= 15 is 0 Å². The van der Waals surface area contributed by atoms with Crippen LogP contribution in [0.15, 0.2) is 78.9 Å². The van der Waals surface area contributed by atoms with Crippen molar-refractivity contribution in [2.24, 2.45) is 0 Å². The second-order valence-electron chi connectivity index (χ2n) is 7.66. The maximum absolute atomic E-state index is 13.9. The first kappa shape index (κ1) is 20.0. The van der Waals surface area contributed by atoms with Gasteiger partial charge in [-0.1, -0.05) is 54.6 Å². The van der Waals surface area contributed by atoms with Crippen molar-refractivity contribution in [1.82, 2.24) is 4.90 Å². The molecule has 3 aromatic rings. The lowest BCUT2D eigenvalue weighted by atomic mass is 9.89. The number of amides is 1. The van der Waals surface area contributed by atoms with Crippen molar-refractivity contribution in [3.05, 3.63) is 95.6 Å². The highest BCUT2D eigenvalue weighted by Crippen LogP contribution is 2.31. The monoisotopic (exact) mass is 402 g/mol. The quantitative estimate of drug-likeness (QED) is 0.679. The minimum Gasteiger partial charge on any atom is -0.491 e. The molecule has 1 atom stereocenters. The van der Waals surface area contributed by atoms with E-state index in [1.165, 1.54) is 0 Å². The van der Waals surface area contributed by atoms with Crippen LogP contribution in [0.2, 0.25) is 0 Å². The third-order valence-corrected chi connectivity index (χ3v) is 5.52. The summed E-state index contributed by atoms with van der Waals surface area (Å²) in [6.07, 6.45) is 0. The predicted octanol–water partition coefficient (Wildman–Crippen LogP) is 3.93. The molecule has 3 aromatic carbocycles. The van der Waals surface area contributed by atoms with Crippen molar-refractivity contribution >= 4 is 11.6 Å². The van der Waals surface area contributed by atoms with Crippen LogP contribution in [-0.2, 0) is 23.5 Å². The molecule has 1 aliphatic rings. The highest BCUT2D eigenvalue weighted by atomic mass is 16.5. The van der Waals surface area contributed by atoms with Crippen LogP contribution in [0.1, 0.15) is 23.6 Å². The fourth-order valence-electron chi connectivity index (χ4n) is 3.87. The van der Waals surface area contributed by atoms with Crippen LogP contribution in [-0.4, -0.2) is 29.1 Å². The first-order chi connectivity index (χ1) is 14.6. The van der Waals surface area contributed by atoms with Gasteiger partial charge in [0.25, 0.3) is 5.91 Å². The van der Waals surface area contributed by atoms with Gasteiger partial charge in [0.05, 0.1) is 13.2 Å². The molecule has 1 heterocycles. The first-order valence-corrected chi connectivity index (χ1v) is 10.1. The van der Waals surface area contributed by atoms with Gasteiger partial charge in [-0.2, -0.15) is 0 Å². The number of hydrogen-bond donors (Lipinski definition) is 2. The highest BCUT2D eigenvalue weighted by molar-refractivity contribution is 5.90. The lowest BCUT2D eigenvalue weighted by Crippen LogP contribution is -2.50. The number of fused-ring (bicyclic) bond motifs is 1. The molecule has 5 heteroatoms. The van der Waals surface area contributed by atoms with E-state index in [9.17, 15) is 9.90 Å². The zero-order valence-corrected chi connectivity index (χ0v) is 17.0. The molecule has 0 saturated carbocycles. The molecule has 2 N–H and O–H groups in total. The molecule has 1 amide bonds. The van der Waals surface area contributed by atoms with Gasteiger partial charge in [0.2, 0.25) is 0 Å². The second-order valence-corrected chi connectivity index (χ2v) is 7.66. The van der Waals surface area contributed by atoms with Gasteiger partial charge in [0.1, 0.15) is 17.9 Å². The Kier molecular flexibility index (Phi) is 5.72. The van der Waals surface area contributed by atoms with E-state index in [1.807, 2.05) is 90.7 Å². The van der Waals surface area contributed by atoms with Crippen LogP contribution in [0.25, 0.3) is 0 Å². The minimum atomic E-state index is -0.943. The molecule has 154 valence electrons. The third-order valence-electron chi connectivity index (χ3n) is 5.52. The standard InChI is InChI=1S/C25H26N2O3/c1-25(21-8-4-2-5-9-21,26-22-10-6-3-7-11-22)24(29)27-14-15-30-23-13-12-19(18-28)16-20(23)17-27/h2-13,16,26,28H,14-15,17-18H2,1H3. The lowest BCUT2D eigenvalue weighted by Gasteiger charge is -2.36. The van der Waals surface area contributed by atoms with Gasteiger partial charge in [0.15, 0.2) is 0 Å². The van der Waals surface area contributed by atoms with Gasteiger partial charge >= 0.3 is 0 Å². The van der Waals surface area contributed by atoms with E-state index in [2.05, 4.69) is 5.32 Å². The molecule has 1 aliphatic heterocycles. The summed E-state index contributed by atoms with van der Waals surface area (Å²) >= 11 is 0. The number of nitrogens with zero attached hydrogens (tertiary/aromatic N) is 1. The maximum Gasteiger partial charge on any atom is 0.253 e. The molecule has 1 unspecified atom stereocenters. The molecule has 0 aliphatic carbocycles. The van der Waals surface area contributed by atoms with Crippen molar-refractivity contribution in [1.29, 1.82) is 0 Å². The molecular weight excluding hydrogens is 376 g/mol. The molecule has 0 bridgehead atoms. The van der Waals surface area contributed by atoms with E-state index in [-0.39, 0.29) is 12.5 Å². The summed E-state index contributed by atoms with van der Waals surface area (Å²) in [5.74, 6) is 0.739. The topological polar surface area (TPSA) is 61.8 Å². The molecule has 0 fully saturated rings. The number of benzene rings is 3. The van der Waals surface area contributed by atoms with Crippen LogP contribution in [0, 0.1) is 0 Å². The molecule has 4 rings (SSSR count). The number of aliphatic hydroxyl groups excluding tert-OH is 1. The number of carbonyl (C=O) groups excluding carboxylic acids is 1. The van der Waals surface area contributed by atoms with Gasteiger partial charge in [-0.3, -0.25) is 4.79 Å². The SMILES string of the molecule is CC(Nc1ccccc1)(C(=O)N1CCOc2ccc(CO)cc2C1)c1ccccc1. The summed E-state index contributed by atoms with van der Waals surface area (Å²) in [7, 11) is 0. The minimum absolute atomic E-state index is 0.0246. The number of anilines is 1. The summed E-state index contributed by atoms with van der Waals surface area (Å²) in [4.78, 5) is 15.7. The largest absolute Gasteiger partial charge is 0.491 e. The van der Waals surface area contributed by atoms with Crippen molar-refractivity contribution < 1.29 is 14.6 Å². The first-order valence-electron chi connectivity index (χ1n) is 10.1. The number of nitrogens with one attached hydrogen (secondary N) is 1. The highest BCUT2D eigenvalue weighted by Gasteiger charge is 2.39. The summed E-state index contributed by atoms with van der Waals surface area (Å²) in [6.45, 7) is 3.22. The number of carbonyl (C=O) groups is 1. The average molecular weight is 402 g/mol. The zero-order valence-electron chi connectivity index (χ0n) is 17.0. The van der Waals surface area contributed by atoms with Gasteiger partial charge in [0, 0.05) is 17.8 Å². The number of hydrogen-bond acceptors (Lipinski definition) is 4. The molecule has 0 saturated heterocycles. The second kappa shape index (κ2) is 8.59. The van der Waals surface area contributed by atoms with Gasteiger partial charge < -0.3 is 20.1 Å². The number of para-hydroxylation sites is 1. The molecular formula is C25H26N2O3. The smallest absolute Gasteiger partial charge is 0.253 e. The Labute approximate surface area is 176 Å². The molecule has 0 radical (unpaired) electrons. The Balaban J connectivity index is 1.69. The number of ether oxygens (including phenoxy) is 1. The van der Waals surface area contributed by atoms with Crippen LogP contribution in [0.5, 0.6) is 5.75 Å². The van der Waals surface area contributed by atoms with E-state index < -0.39 is 5.54 Å². The molecule has 30 heavy (non-hydrogen) atoms. The van der Waals surface area contributed by atoms with E-state index in [1.54, 1.807) is 0 Å². The Morgan fingerprint density at radius 2 is 1.77 bits per heavy atom. The molecule has 5 nitrogen and oxygen atoms in total. The zero-order chi connectivity index (χ0) is 21.0.